The fourth-order valence-electron chi connectivity index (χ4n) is 2.32. The van der Waals surface area contributed by atoms with Crippen LogP contribution in [0.3, 0.4) is 0 Å². The first-order valence-electron chi connectivity index (χ1n) is 6.19. The molecule has 5 heteroatoms. The molecule has 0 saturated carbocycles. The van der Waals surface area contributed by atoms with E-state index >= 15 is 0 Å². The van der Waals surface area contributed by atoms with Crippen LogP contribution in [0.2, 0.25) is 0 Å². The van der Waals surface area contributed by atoms with Crippen LogP contribution in [0, 0.1) is 0 Å². The van der Waals surface area contributed by atoms with Gasteiger partial charge in [0.1, 0.15) is 0 Å². The Balaban J connectivity index is 2.38. The number of hydrogen-bond donors (Lipinski definition) is 2. The van der Waals surface area contributed by atoms with Gasteiger partial charge in [-0.2, -0.15) is 0 Å². The zero-order chi connectivity index (χ0) is 14.0. The van der Waals surface area contributed by atoms with E-state index in [2.05, 4.69) is 10.6 Å². The van der Waals surface area contributed by atoms with Gasteiger partial charge in [0.15, 0.2) is 5.78 Å². The molecule has 1 aliphatic heterocycles. The predicted octanol–water partition coefficient (Wildman–Crippen LogP) is 1.70. The van der Waals surface area contributed by atoms with E-state index in [-0.39, 0.29) is 11.7 Å². The van der Waals surface area contributed by atoms with E-state index in [1.165, 1.54) is 13.8 Å². The van der Waals surface area contributed by atoms with Gasteiger partial charge in [0.05, 0.1) is 5.92 Å². The molecule has 0 saturated heterocycles. The van der Waals surface area contributed by atoms with Gasteiger partial charge >= 0.3 is 0 Å². The Kier molecular flexibility index (Phi) is 3.64. The van der Waals surface area contributed by atoms with Crippen LogP contribution in [-0.4, -0.2) is 24.0 Å². The molecule has 1 unspecified atom stereocenters. The molecule has 0 radical (unpaired) electrons. The molecule has 100 valence electrons. The Bertz CT molecular complexity index is 552. The molecular formula is C14H16N2O3. The first-order valence-corrected chi connectivity index (χ1v) is 6.19. The third-order valence-electron chi connectivity index (χ3n) is 3.16. The van der Waals surface area contributed by atoms with Crippen molar-refractivity contribution in [1.29, 1.82) is 0 Å². The highest BCUT2D eigenvalue weighted by molar-refractivity contribution is 6.38. The van der Waals surface area contributed by atoms with Crippen LogP contribution in [-0.2, 0) is 14.4 Å². The summed E-state index contributed by atoms with van der Waals surface area (Å²) in [6.07, 6.45) is 0.592. The summed E-state index contributed by atoms with van der Waals surface area (Å²) in [6, 6.07) is 5.35. The lowest BCUT2D eigenvalue weighted by atomic mass is 9.86. The van der Waals surface area contributed by atoms with Gasteiger partial charge in [0.2, 0.25) is 11.7 Å². The van der Waals surface area contributed by atoms with Crippen LogP contribution >= 0.6 is 0 Å². The average Bonchev–Trinajstić information content (AvgIpc) is 2.36. The van der Waals surface area contributed by atoms with Crippen molar-refractivity contribution in [3.63, 3.8) is 0 Å². The molecule has 0 spiro atoms. The largest absolute Gasteiger partial charge is 0.385 e. The van der Waals surface area contributed by atoms with E-state index in [1.54, 1.807) is 12.1 Å². The molecular weight excluding hydrogens is 244 g/mol. The van der Waals surface area contributed by atoms with Crippen molar-refractivity contribution in [2.45, 2.75) is 26.2 Å². The standard InChI is InChI=1S/C14H16N2O3/c1-8(17)14(19)11-5-6-15-13-4-3-10(7-12(11)13)16-9(2)18/h3-4,7,11,15H,5-6H2,1-2H3,(H,16,18). The summed E-state index contributed by atoms with van der Waals surface area (Å²) in [5, 5.41) is 5.87. The maximum atomic E-state index is 11.9. The van der Waals surface area contributed by atoms with Crippen molar-refractivity contribution in [1.82, 2.24) is 0 Å². The van der Waals surface area contributed by atoms with Gasteiger partial charge in [-0.05, 0) is 30.2 Å². The summed E-state index contributed by atoms with van der Waals surface area (Å²) in [7, 11) is 0. The number of hydrogen-bond acceptors (Lipinski definition) is 4. The molecule has 1 aliphatic rings. The third kappa shape index (κ3) is 2.81. The van der Waals surface area contributed by atoms with Gasteiger partial charge in [-0.1, -0.05) is 0 Å². The minimum absolute atomic E-state index is 0.168. The minimum Gasteiger partial charge on any atom is -0.385 e. The number of rotatable bonds is 3. The average molecular weight is 260 g/mol. The normalized spacial score (nSPS) is 17.1. The summed E-state index contributed by atoms with van der Waals surface area (Å²) in [5.41, 5.74) is 2.26. The maximum absolute atomic E-state index is 11.9. The van der Waals surface area contributed by atoms with Crippen molar-refractivity contribution >= 4 is 28.8 Å². The van der Waals surface area contributed by atoms with E-state index in [0.717, 1.165) is 11.3 Å². The number of amides is 1. The Morgan fingerprint density at radius 3 is 2.63 bits per heavy atom. The van der Waals surface area contributed by atoms with Crippen molar-refractivity contribution in [3.8, 4) is 0 Å². The third-order valence-corrected chi connectivity index (χ3v) is 3.16. The zero-order valence-corrected chi connectivity index (χ0v) is 10.9. The van der Waals surface area contributed by atoms with Crippen LogP contribution < -0.4 is 10.6 Å². The van der Waals surface area contributed by atoms with E-state index in [9.17, 15) is 14.4 Å². The van der Waals surface area contributed by atoms with Gasteiger partial charge in [-0.3, -0.25) is 14.4 Å². The van der Waals surface area contributed by atoms with Gasteiger partial charge in [-0.25, -0.2) is 0 Å². The fourth-order valence-corrected chi connectivity index (χ4v) is 2.32. The van der Waals surface area contributed by atoms with Crippen LogP contribution in [0.1, 0.15) is 31.7 Å². The molecule has 5 nitrogen and oxygen atoms in total. The molecule has 1 atom stereocenters. The summed E-state index contributed by atoms with van der Waals surface area (Å²) in [5.74, 6) is -1.38. The summed E-state index contributed by atoms with van der Waals surface area (Å²) in [4.78, 5) is 34.3. The second-order valence-electron chi connectivity index (χ2n) is 4.67. The number of nitrogens with one attached hydrogen (secondary N) is 2. The quantitative estimate of drug-likeness (QED) is 0.811. The smallest absolute Gasteiger partial charge is 0.221 e. The Morgan fingerprint density at radius 1 is 1.26 bits per heavy atom. The van der Waals surface area contributed by atoms with Gasteiger partial charge in [0, 0.05) is 31.8 Å². The van der Waals surface area contributed by atoms with Crippen LogP contribution in [0.25, 0.3) is 0 Å². The van der Waals surface area contributed by atoms with Gasteiger partial charge < -0.3 is 10.6 Å². The lowest BCUT2D eigenvalue weighted by Gasteiger charge is -2.25. The van der Waals surface area contributed by atoms with Crippen molar-refractivity contribution in [3.05, 3.63) is 23.8 Å². The number of Topliss-reactive ketones (excluding diaryl/α,β-unsaturated/α-hetero) is 2. The SMILES string of the molecule is CC(=O)Nc1ccc2c(c1)C(C(=O)C(C)=O)CCN2. The Morgan fingerprint density at radius 2 is 2.00 bits per heavy atom. The van der Waals surface area contributed by atoms with Gasteiger partial charge in [-0.15, -0.1) is 0 Å². The first-order chi connectivity index (χ1) is 8.99. The summed E-state index contributed by atoms with van der Waals surface area (Å²) >= 11 is 0. The second-order valence-corrected chi connectivity index (χ2v) is 4.67. The number of anilines is 2. The maximum Gasteiger partial charge on any atom is 0.221 e. The Labute approximate surface area is 111 Å². The molecule has 1 aromatic rings. The molecule has 0 aromatic heterocycles. The molecule has 1 heterocycles. The van der Waals surface area contributed by atoms with Crippen molar-refractivity contribution in [2.75, 3.05) is 17.2 Å². The summed E-state index contributed by atoms with van der Waals surface area (Å²) in [6.45, 7) is 3.38. The molecule has 1 aromatic carbocycles. The minimum atomic E-state index is -0.428. The highest BCUT2D eigenvalue weighted by Crippen LogP contribution is 2.34. The predicted molar refractivity (Wildman–Crippen MR) is 72.3 cm³/mol. The summed E-state index contributed by atoms with van der Waals surface area (Å²) < 4.78 is 0. The molecule has 2 N–H and O–H groups in total. The number of ketones is 2. The van der Waals surface area contributed by atoms with E-state index in [4.69, 9.17) is 0 Å². The molecule has 1 amide bonds. The van der Waals surface area contributed by atoms with E-state index in [1.807, 2.05) is 6.07 Å². The first kappa shape index (κ1) is 13.3. The highest BCUT2D eigenvalue weighted by atomic mass is 16.2. The van der Waals surface area contributed by atoms with E-state index in [0.29, 0.717) is 18.7 Å². The lowest BCUT2D eigenvalue weighted by Crippen LogP contribution is -2.27. The molecule has 0 aliphatic carbocycles. The Hall–Kier alpha value is -2.17. The molecule has 19 heavy (non-hydrogen) atoms. The highest BCUT2D eigenvalue weighted by Gasteiger charge is 2.29. The van der Waals surface area contributed by atoms with Crippen molar-refractivity contribution in [2.24, 2.45) is 0 Å². The topological polar surface area (TPSA) is 75.3 Å². The van der Waals surface area contributed by atoms with Crippen LogP contribution in [0.15, 0.2) is 18.2 Å². The molecule has 2 rings (SSSR count). The molecule has 0 fully saturated rings. The van der Waals surface area contributed by atoms with Crippen LogP contribution in [0.5, 0.6) is 0 Å². The zero-order valence-electron chi connectivity index (χ0n) is 10.9. The molecule has 0 bridgehead atoms. The monoisotopic (exact) mass is 260 g/mol. The fraction of sp³-hybridized carbons (Fsp3) is 0.357. The van der Waals surface area contributed by atoms with E-state index < -0.39 is 11.7 Å². The second kappa shape index (κ2) is 5.22. The lowest BCUT2D eigenvalue weighted by molar-refractivity contribution is -0.136. The van der Waals surface area contributed by atoms with Crippen molar-refractivity contribution < 1.29 is 14.4 Å². The van der Waals surface area contributed by atoms with Gasteiger partial charge in [0.25, 0.3) is 0 Å². The number of fused-ring (bicyclic) bond motifs is 1. The number of carbonyl (C=O) groups is 3. The van der Waals surface area contributed by atoms with Crippen LogP contribution in [0.4, 0.5) is 11.4 Å². The number of carbonyl (C=O) groups excluding carboxylic acids is 3. The number of benzene rings is 1.